The van der Waals surface area contributed by atoms with E-state index in [2.05, 4.69) is 6.08 Å². The Labute approximate surface area is 124 Å². The molecular weight excluding hydrogens is 265 g/mol. The maximum Gasteiger partial charge on any atom is 0.134 e. The first-order chi connectivity index (χ1) is 10.2. The summed E-state index contributed by atoms with van der Waals surface area (Å²) < 4.78 is 19.3. The molecule has 1 aliphatic carbocycles. The molecule has 1 aliphatic rings. The molecule has 3 heteroatoms. The van der Waals surface area contributed by atoms with E-state index in [4.69, 9.17) is 10.2 Å². The van der Waals surface area contributed by atoms with Crippen LogP contribution >= 0.6 is 0 Å². The second-order valence-corrected chi connectivity index (χ2v) is 5.94. The number of hydrogen-bond donors (Lipinski definition) is 1. The van der Waals surface area contributed by atoms with Crippen molar-refractivity contribution in [2.45, 2.75) is 51.5 Å². The number of hydrogen-bond acceptors (Lipinski definition) is 2. The Bertz CT molecular complexity index is 671. The van der Waals surface area contributed by atoms with E-state index in [0.717, 1.165) is 29.6 Å². The van der Waals surface area contributed by atoms with E-state index in [1.54, 1.807) is 6.07 Å². The van der Waals surface area contributed by atoms with E-state index in [9.17, 15) is 4.39 Å². The predicted molar refractivity (Wildman–Crippen MR) is 83.6 cm³/mol. The van der Waals surface area contributed by atoms with Crippen molar-refractivity contribution in [1.29, 1.82) is 0 Å². The summed E-state index contributed by atoms with van der Waals surface area (Å²) in [6, 6.07) is 4.42. The van der Waals surface area contributed by atoms with Crippen LogP contribution in [-0.2, 0) is 0 Å². The van der Waals surface area contributed by atoms with Crippen LogP contribution in [0, 0.1) is 12.7 Å². The number of nitrogens with two attached hydrogens (primary N) is 1. The predicted octanol–water partition coefficient (Wildman–Crippen LogP) is 5.16. The third-order valence-corrected chi connectivity index (χ3v) is 4.44. The highest BCUT2D eigenvalue weighted by Crippen LogP contribution is 2.34. The van der Waals surface area contributed by atoms with Gasteiger partial charge in [-0.25, -0.2) is 4.39 Å². The molecular formula is C18H22FNO. The molecule has 0 bridgehead atoms. The van der Waals surface area contributed by atoms with Crippen LogP contribution in [0.4, 0.5) is 4.39 Å². The summed E-state index contributed by atoms with van der Waals surface area (Å²) in [6.45, 7) is 1.96. The minimum absolute atomic E-state index is 0.210. The van der Waals surface area contributed by atoms with Crippen LogP contribution in [0.15, 0.2) is 34.3 Å². The van der Waals surface area contributed by atoms with Crippen LogP contribution in [0.25, 0.3) is 11.0 Å². The third-order valence-electron chi connectivity index (χ3n) is 4.44. The first-order valence-electron chi connectivity index (χ1n) is 7.80. The SMILES string of the molecule is Cc1c(C(N)/C2=C/CCCCCC2)oc2ccc(F)cc12. The molecule has 0 amide bonds. The third kappa shape index (κ3) is 2.88. The quantitative estimate of drug-likeness (QED) is 0.775. The lowest BCUT2D eigenvalue weighted by Gasteiger charge is -2.17. The number of fused-ring (bicyclic) bond motifs is 1. The van der Waals surface area contributed by atoms with Crippen molar-refractivity contribution in [2.75, 3.05) is 0 Å². The van der Waals surface area contributed by atoms with Gasteiger partial charge in [0.1, 0.15) is 17.2 Å². The van der Waals surface area contributed by atoms with E-state index < -0.39 is 0 Å². The fourth-order valence-electron chi connectivity index (χ4n) is 3.18. The van der Waals surface area contributed by atoms with Gasteiger partial charge in [-0.15, -0.1) is 0 Å². The average Bonchev–Trinajstić information content (AvgIpc) is 2.75. The molecule has 0 aliphatic heterocycles. The van der Waals surface area contributed by atoms with Gasteiger partial charge in [-0.2, -0.15) is 0 Å². The molecule has 1 atom stereocenters. The smallest absolute Gasteiger partial charge is 0.134 e. The summed E-state index contributed by atoms with van der Waals surface area (Å²) in [5, 5.41) is 0.826. The first-order valence-corrected chi connectivity index (χ1v) is 7.80. The van der Waals surface area contributed by atoms with Crippen molar-refractivity contribution in [2.24, 2.45) is 5.73 Å². The zero-order chi connectivity index (χ0) is 14.8. The molecule has 2 aromatic rings. The number of rotatable bonds is 2. The maximum absolute atomic E-state index is 13.4. The van der Waals surface area contributed by atoms with Crippen LogP contribution in [0.3, 0.4) is 0 Å². The Balaban J connectivity index is 1.97. The van der Waals surface area contributed by atoms with Crippen molar-refractivity contribution in [3.05, 3.63) is 47.0 Å². The van der Waals surface area contributed by atoms with Gasteiger partial charge < -0.3 is 10.2 Å². The number of aryl methyl sites for hydroxylation is 1. The minimum Gasteiger partial charge on any atom is -0.459 e. The number of halogens is 1. The monoisotopic (exact) mass is 287 g/mol. The molecule has 0 radical (unpaired) electrons. The molecule has 21 heavy (non-hydrogen) atoms. The van der Waals surface area contributed by atoms with Crippen molar-refractivity contribution in [1.82, 2.24) is 0 Å². The van der Waals surface area contributed by atoms with Gasteiger partial charge in [0.05, 0.1) is 6.04 Å². The van der Waals surface area contributed by atoms with Gasteiger partial charge in [-0.1, -0.05) is 18.9 Å². The van der Waals surface area contributed by atoms with E-state index in [1.165, 1.54) is 43.4 Å². The summed E-state index contributed by atoms with van der Waals surface area (Å²) in [5.41, 5.74) is 9.37. The zero-order valence-corrected chi connectivity index (χ0v) is 12.5. The van der Waals surface area contributed by atoms with Crippen molar-refractivity contribution < 1.29 is 8.81 Å². The molecule has 1 aromatic heterocycles. The van der Waals surface area contributed by atoms with Gasteiger partial charge in [0.25, 0.3) is 0 Å². The lowest BCUT2D eigenvalue weighted by Crippen LogP contribution is -2.14. The molecule has 1 heterocycles. The fourth-order valence-corrected chi connectivity index (χ4v) is 3.18. The minimum atomic E-state index is -0.239. The molecule has 112 valence electrons. The topological polar surface area (TPSA) is 39.2 Å². The largest absolute Gasteiger partial charge is 0.459 e. The van der Waals surface area contributed by atoms with E-state index in [0.29, 0.717) is 5.58 Å². The molecule has 0 spiro atoms. The first kappa shape index (κ1) is 14.3. The van der Waals surface area contributed by atoms with E-state index in [-0.39, 0.29) is 11.9 Å². The molecule has 0 fully saturated rings. The number of allylic oxidation sites excluding steroid dienone is 1. The van der Waals surface area contributed by atoms with Crippen LogP contribution in [0.5, 0.6) is 0 Å². The number of furan rings is 1. The van der Waals surface area contributed by atoms with Gasteiger partial charge >= 0.3 is 0 Å². The zero-order valence-electron chi connectivity index (χ0n) is 12.5. The Kier molecular flexibility index (Phi) is 4.11. The van der Waals surface area contributed by atoms with Crippen molar-refractivity contribution >= 4 is 11.0 Å². The molecule has 1 aromatic carbocycles. The molecule has 0 saturated heterocycles. The highest BCUT2D eigenvalue weighted by molar-refractivity contribution is 5.82. The molecule has 2 nitrogen and oxygen atoms in total. The summed E-state index contributed by atoms with van der Waals surface area (Å²) in [5.74, 6) is 0.541. The van der Waals surface area contributed by atoms with Gasteiger partial charge in [-0.3, -0.25) is 0 Å². The van der Waals surface area contributed by atoms with Crippen molar-refractivity contribution in [3.63, 3.8) is 0 Å². The lowest BCUT2D eigenvalue weighted by atomic mass is 9.93. The maximum atomic E-state index is 13.4. The van der Waals surface area contributed by atoms with Crippen molar-refractivity contribution in [3.8, 4) is 0 Å². The van der Waals surface area contributed by atoms with Crippen LogP contribution < -0.4 is 5.73 Å². The molecule has 1 unspecified atom stereocenters. The van der Waals surface area contributed by atoms with Crippen LogP contribution in [0.1, 0.15) is 55.9 Å². The average molecular weight is 287 g/mol. The highest BCUT2D eigenvalue weighted by Gasteiger charge is 2.21. The Morgan fingerprint density at radius 2 is 2.00 bits per heavy atom. The molecule has 0 saturated carbocycles. The highest BCUT2D eigenvalue weighted by atomic mass is 19.1. The summed E-state index contributed by atoms with van der Waals surface area (Å²) in [7, 11) is 0. The van der Waals surface area contributed by atoms with Gasteiger partial charge in [0.2, 0.25) is 0 Å². The standard InChI is InChI=1S/C18H22FNO/c1-12-15-11-14(19)9-10-16(15)21-18(12)17(20)13-7-5-3-2-4-6-8-13/h7,9-11,17H,2-6,8,20H2,1H3/b13-7+. The second kappa shape index (κ2) is 6.02. The van der Waals surface area contributed by atoms with E-state index in [1.807, 2.05) is 6.92 Å². The van der Waals surface area contributed by atoms with E-state index >= 15 is 0 Å². The fraction of sp³-hybridized carbons (Fsp3) is 0.444. The van der Waals surface area contributed by atoms with Crippen LogP contribution in [0.2, 0.25) is 0 Å². The summed E-state index contributed by atoms with van der Waals surface area (Å²) >= 11 is 0. The number of benzene rings is 1. The normalized spacial score (nSPS) is 20.6. The second-order valence-electron chi connectivity index (χ2n) is 5.94. The van der Waals surface area contributed by atoms with Gasteiger partial charge in [0, 0.05) is 10.9 Å². The van der Waals surface area contributed by atoms with Crippen LogP contribution in [-0.4, -0.2) is 0 Å². The Morgan fingerprint density at radius 3 is 2.86 bits per heavy atom. The Morgan fingerprint density at radius 1 is 1.19 bits per heavy atom. The van der Waals surface area contributed by atoms with Gasteiger partial charge in [-0.05, 0) is 56.4 Å². The summed E-state index contributed by atoms with van der Waals surface area (Å²) in [4.78, 5) is 0. The molecule has 3 rings (SSSR count). The van der Waals surface area contributed by atoms with Gasteiger partial charge in [0.15, 0.2) is 0 Å². The summed E-state index contributed by atoms with van der Waals surface area (Å²) in [6.07, 6.45) is 9.41. The molecule has 2 N–H and O–H groups in total. The Hall–Kier alpha value is -1.61. The lowest BCUT2D eigenvalue weighted by molar-refractivity contribution is 0.502.